The maximum absolute atomic E-state index is 13.6. The van der Waals surface area contributed by atoms with Crippen molar-refractivity contribution in [2.24, 2.45) is 7.05 Å². The monoisotopic (exact) mass is 405 g/mol. The number of carbonyl (C=O) groups excluding carboxylic acids is 1. The number of rotatable bonds is 3. The quantitative estimate of drug-likeness (QED) is 0.662. The first-order valence-corrected chi connectivity index (χ1v) is 10.6. The highest BCUT2D eigenvalue weighted by atomic mass is 32.1. The number of benzene rings is 2. The first-order chi connectivity index (χ1) is 14.0. The van der Waals surface area contributed by atoms with Gasteiger partial charge in [-0.15, -0.1) is 0 Å². The lowest BCUT2D eigenvalue weighted by Crippen LogP contribution is -2.38. The highest BCUT2D eigenvalue weighted by Gasteiger charge is 2.39. The zero-order valence-electron chi connectivity index (χ0n) is 16.4. The van der Waals surface area contributed by atoms with Crippen molar-refractivity contribution < 1.29 is 4.79 Å². The van der Waals surface area contributed by atoms with Gasteiger partial charge in [-0.25, -0.2) is 0 Å². The van der Waals surface area contributed by atoms with E-state index in [4.69, 9.17) is 12.2 Å². The lowest BCUT2D eigenvalue weighted by atomic mass is 9.86. The molecule has 5 nitrogen and oxygen atoms in total. The summed E-state index contributed by atoms with van der Waals surface area (Å²) in [5.74, 6) is 0.0381. The van der Waals surface area contributed by atoms with Crippen LogP contribution in [-0.4, -0.2) is 26.4 Å². The van der Waals surface area contributed by atoms with Gasteiger partial charge in [0.15, 0.2) is 4.77 Å². The second-order valence-electron chi connectivity index (χ2n) is 8.11. The van der Waals surface area contributed by atoms with Crippen molar-refractivity contribution >= 4 is 29.0 Å². The molecule has 1 aromatic heterocycles. The number of carbonyl (C=O) groups is 1. The van der Waals surface area contributed by atoms with Crippen LogP contribution in [0.1, 0.15) is 53.2 Å². The molecule has 2 aliphatic rings. The van der Waals surface area contributed by atoms with Crippen LogP contribution in [0.15, 0.2) is 47.3 Å². The third kappa shape index (κ3) is 3.12. The van der Waals surface area contributed by atoms with Crippen LogP contribution in [0.4, 0.5) is 0 Å². The normalized spacial score (nSPS) is 18.4. The van der Waals surface area contributed by atoms with Crippen LogP contribution in [0.25, 0.3) is 10.9 Å². The van der Waals surface area contributed by atoms with Crippen molar-refractivity contribution in [2.45, 2.75) is 44.2 Å². The number of aromatic amines is 1. The van der Waals surface area contributed by atoms with Gasteiger partial charge in [0.05, 0.1) is 16.9 Å². The Morgan fingerprint density at radius 1 is 1.17 bits per heavy atom. The largest absolute Gasteiger partial charge is 0.332 e. The smallest absolute Gasteiger partial charge is 0.261 e. The van der Waals surface area contributed by atoms with Gasteiger partial charge in [-0.05, 0) is 73.6 Å². The van der Waals surface area contributed by atoms with Crippen LogP contribution < -0.4 is 5.56 Å². The number of amides is 1. The lowest BCUT2D eigenvalue weighted by Gasteiger charge is -2.36. The Kier molecular flexibility index (Phi) is 4.39. The number of fused-ring (bicyclic) bond motifs is 2. The fourth-order valence-electron chi connectivity index (χ4n) is 4.52. The first kappa shape index (κ1) is 18.3. The van der Waals surface area contributed by atoms with E-state index in [-0.39, 0.29) is 17.5 Å². The van der Waals surface area contributed by atoms with Crippen molar-refractivity contribution in [3.05, 3.63) is 74.3 Å². The van der Waals surface area contributed by atoms with E-state index in [0.29, 0.717) is 27.3 Å². The third-order valence-electron chi connectivity index (χ3n) is 6.20. The van der Waals surface area contributed by atoms with E-state index in [1.807, 2.05) is 0 Å². The molecule has 1 saturated carbocycles. The van der Waals surface area contributed by atoms with Crippen molar-refractivity contribution in [2.75, 3.05) is 0 Å². The Bertz CT molecular complexity index is 1240. The highest BCUT2D eigenvalue weighted by molar-refractivity contribution is 7.71. The predicted molar refractivity (Wildman–Crippen MR) is 116 cm³/mol. The molecule has 2 aliphatic carbocycles. The second kappa shape index (κ2) is 6.95. The standard InChI is InChI=1S/C23H23N3O2S/c1-25-22(28)18-12-9-15(13-19(18)24-23(25)29)21(27)26(16-10-11-16)20-8-4-6-14-5-2-3-7-17(14)20/h2-3,5,7,9,12-13,16,20H,4,6,8,10-11H2,1H3,(H,24,29). The van der Waals surface area contributed by atoms with Gasteiger partial charge in [-0.1, -0.05) is 24.3 Å². The summed E-state index contributed by atoms with van der Waals surface area (Å²) in [6.45, 7) is 0. The molecule has 1 atom stereocenters. The van der Waals surface area contributed by atoms with E-state index < -0.39 is 0 Å². The molecule has 1 heterocycles. The fraction of sp³-hybridized carbons (Fsp3) is 0.348. The van der Waals surface area contributed by atoms with Crippen molar-refractivity contribution in [3.8, 4) is 0 Å². The molecule has 148 valence electrons. The summed E-state index contributed by atoms with van der Waals surface area (Å²) in [5.41, 5.74) is 3.71. The summed E-state index contributed by atoms with van der Waals surface area (Å²) >= 11 is 5.24. The molecule has 1 N–H and O–H groups in total. The minimum Gasteiger partial charge on any atom is -0.332 e. The molecule has 2 aromatic carbocycles. The number of nitrogens with zero attached hydrogens (tertiary/aromatic N) is 2. The number of nitrogens with one attached hydrogen (secondary N) is 1. The van der Waals surface area contributed by atoms with E-state index in [1.165, 1.54) is 15.7 Å². The minimum absolute atomic E-state index is 0.0381. The average Bonchev–Trinajstić information content (AvgIpc) is 3.57. The van der Waals surface area contributed by atoms with Crippen molar-refractivity contribution in [3.63, 3.8) is 0 Å². The molecule has 29 heavy (non-hydrogen) atoms. The highest BCUT2D eigenvalue weighted by Crippen LogP contribution is 2.41. The van der Waals surface area contributed by atoms with Gasteiger partial charge in [0.2, 0.25) is 0 Å². The zero-order chi connectivity index (χ0) is 20.1. The molecular formula is C23H23N3O2S. The molecule has 6 heteroatoms. The van der Waals surface area contributed by atoms with Gasteiger partial charge in [0.1, 0.15) is 0 Å². The van der Waals surface area contributed by atoms with Crippen LogP contribution in [-0.2, 0) is 13.5 Å². The fourth-order valence-corrected chi connectivity index (χ4v) is 4.71. The number of hydrogen-bond acceptors (Lipinski definition) is 3. The van der Waals surface area contributed by atoms with Gasteiger partial charge in [0, 0.05) is 18.7 Å². The second-order valence-corrected chi connectivity index (χ2v) is 8.49. The maximum Gasteiger partial charge on any atom is 0.261 e. The molecule has 0 aliphatic heterocycles. The van der Waals surface area contributed by atoms with E-state index in [1.54, 1.807) is 25.2 Å². The SMILES string of the molecule is Cn1c(=S)[nH]c2cc(C(=O)N(C3CC3)C3CCCc4ccccc43)ccc2c1=O. The summed E-state index contributed by atoms with van der Waals surface area (Å²) in [6, 6.07) is 14.2. The van der Waals surface area contributed by atoms with E-state index in [0.717, 1.165) is 32.1 Å². The van der Waals surface area contributed by atoms with Gasteiger partial charge in [-0.3, -0.25) is 14.2 Å². The Labute approximate surface area is 174 Å². The van der Waals surface area contributed by atoms with Crippen LogP contribution in [0, 0.1) is 4.77 Å². The lowest BCUT2D eigenvalue weighted by molar-refractivity contribution is 0.0638. The molecule has 1 fully saturated rings. The molecular weight excluding hydrogens is 382 g/mol. The Balaban J connectivity index is 1.57. The van der Waals surface area contributed by atoms with E-state index >= 15 is 0 Å². The van der Waals surface area contributed by atoms with Gasteiger partial charge in [-0.2, -0.15) is 0 Å². The topological polar surface area (TPSA) is 58.1 Å². The molecule has 1 unspecified atom stereocenters. The molecule has 0 spiro atoms. The van der Waals surface area contributed by atoms with E-state index in [2.05, 4.69) is 34.1 Å². The number of H-pyrrole nitrogens is 1. The van der Waals surface area contributed by atoms with Gasteiger partial charge < -0.3 is 9.88 Å². The first-order valence-electron chi connectivity index (χ1n) is 10.2. The minimum atomic E-state index is -0.150. The molecule has 5 rings (SSSR count). The number of aromatic nitrogens is 2. The van der Waals surface area contributed by atoms with Crippen LogP contribution in [0.3, 0.4) is 0 Å². The Morgan fingerprint density at radius 2 is 1.97 bits per heavy atom. The van der Waals surface area contributed by atoms with Crippen molar-refractivity contribution in [1.29, 1.82) is 0 Å². The third-order valence-corrected chi connectivity index (χ3v) is 6.57. The van der Waals surface area contributed by atoms with Crippen LogP contribution in [0.5, 0.6) is 0 Å². The Morgan fingerprint density at radius 3 is 2.76 bits per heavy atom. The molecule has 0 radical (unpaired) electrons. The summed E-state index contributed by atoms with van der Waals surface area (Å²) < 4.78 is 1.77. The zero-order valence-corrected chi connectivity index (χ0v) is 17.2. The molecule has 1 amide bonds. The average molecular weight is 406 g/mol. The van der Waals surface area contributed by atoms with E-state index in [9.17, 15) is 9.59 Å². The summed E-state index contributed by atoms with van der Waals surface area (Å²) in [7, 11) is 1.65. The number of hydrogen-bond donors (Lipinski definition) is 1. The predicted octanol–water partition coefficient (Wildman–Crippen LogP) is 4.28. The number of aryl methyl sites for hydroxylation is 1. The summed E-state index contributed by atoms with van der Waals surface area (Å²) in [4.78, 5) is 31.2. The van der Waals surface area contributed by atoms with Gasteiger partial charge >= 0.3 is 0 Å². The van der Waals surface area contributed by atoms with Crippen molar-refractivity contribution in [1.82, 2.24) is 14.5 Å². The summed E-state index contributed by atoms with van der Waals surface area (Å²) in [5, 5.41) is 0.540. The Hall–Kier alpha value is -2.73. The van der Waals surface area contributed by atoms with Crippen LogP contribution >= 0.6 is 12.2 Å². The summed E-state index contributed by atoms with van der Waals surface area (Å²) in [6.07, 6.45) is 5.28. The molecule has 0 saturated heterocycles. The van der Waals surface area contributed by atoms with Gasteiger partial charge in [0.25, 0.3) is 11.5 Å². The maximum atomic E-state index is 13.6. The van der Waals surface area contributed by atoms with Crippen LogP contribution in [0.2, 0.25) is 0 Å². The molecule has 3 aromatic rings. The molecule has 0 bridgehead atoms.